The molecule has 0 aliphatic carbocycles. The first-order valence-electron chi connectivity index (χ1n) is 9.86. The van der Waals surface area contributed by atoms with Gasteiger partial charge in [0.1, 0.15) is 0 Å². The number of hydrogen-bond acceptors (Lipinski definition) is 3. The van der Waals surface area contributed by atoms with Crippen LogP contribution in [-0.4, -0.2) is 26.9 Å². The predicted molar refractivity (Wildman–Crippen MR) is 120 cm³/mol. The Balaban J connectivity index is 1.82. The Labute approximate surface area is 177 Å². The molecular weight excluding hydrogens is 392 g/mol. The van der Waals surface area contributed by atoms with Gasteiger partial charge in [0.2, 0.25) is 5.91 Å². The first-order chi connectivity index (χ1) is 14.8. The maximum atomic E-state index is 13.0. The van der Waals surface area contributed by atoms with Crippen LogP contribution in [0.15, 0.2) is 54.9 Å². The zero-order valence-electron chi connectivity index (χ0n) is 17.3. The number of imide groups is 1. The van der Waals surface area contributed by atoms with E-state index < -0.39 is 11.8 Å². The molecule has 0 radical (unpaired) electrons. The van der Waals surface area contributed by atoms with E-state index in [1.165, 1.54) is 6.92 Å². The van der Waals surface area contributed by atoms with Crippen molar-refractivity contribution in [1.29, 1.82) is 0 Å². The fraction of sp³-hybridized carbons (Fsp3) is 0.125. The number of fused-ring (bicyclic) bond motifs is 2. The number of nitrogens with zero attached hydrogens (tertiary/aromatic N) is 2. The van der Waals surface area contributed by atoms with Crippen molar-refractivity contribution in [2.24, 2.45) is 14.1 Å². The first kappa shape index (κ1) is 18.9. The lowest BCUT2D eigenvalue weighted by Crippen LogP contribution is -2.22. The van der Waals surface area contributed by atoms with E-state index in [0.717, 1.165) is 21.8 Å². The molecule has 0 saturated carbocycles. The van der Waals surface area contributed by atoms with Crippen molar-refractivity contribution in [1.82, 2.24) is 14.5 Å². The summed E-state index contributed by atoms with van der Waals surface area (Å²) in [7, 11) is 3.80. The minimum atomic E-state index is -0.426. The SMILES string of the molecule is CC(=O)Nc1ccc2c(c1)c(C1=C(c3cn(C)c4ccccc34)C(=O)NC1=O)cn2C. The summed E-state index contributed by atoms with van der Waals surface area (Å²) in [6.45, 7) is 1.44. The van der Waals surface area contributed by atoms with Gasteiger partial charge in [-0.1, -0.05) is 18.2 Å². The van der Waals surface area contributed by atoms with E-state index in [0.29, 0.717) is 28.0 Å². The molecule has 31 heavy (non-hydrogen) atoms. The maximum absolute atomic E-state index is 13.0. The Hall–Kier alpha value is -4.13. The number of carbonyl (C=O) groups is 3. The van der Waals surface area contributed by atoms with Crippen LogP contribution in [0.4, 0.5) is 5.69 Å². The summed E-state index contributed by atoms with van der Waals surface area (Å²) >= 11 is 0. The van der Waals surface area contributed by atoms with Crippen LogP contribution in [0.1, 0.15) is 18.1 Å². The number of carbonyl (C=O) groups excluding carboxylic acids is 3. The zero-order chi connectivity index (χ0) is 21.9. The van der Waals surface area contributed by atoms with E-state index in [9.17, 15) is 14.4 Å². The molecule has 4 aromatic rings. The number of amides is 3. The summed E-state index contributed by atoms with van der Waals surface area (Å²) in [5, 5.41) is 6.94. The highest BCUT2D eigenvalue weighted by Crippen LogP contribution is 2.39. The van der Waals surface area contributed by atoms with E-state index in [2.05, 4.69) is 10.6 Å². The highest BCUT2D eigenvalue weighted by atomic mass is 16.2. The molecule has 0 unspecified atom stereocenters. The number of aromatic nitrogens is 2. The number of hydrogen-bond donors (Lipinski definition) is 2. The van der Waals surface area contributed by atoms with E-state index >= 15 is 0 Å². The van der Waals surface area contributed by atoms with Crippen LogP contribution in [0, 0.1) is 0 Å². The maximum Gasteiger partial charge on any atom is 0.259 e. The second-order valence-corrected chi connectivity index (χ2v) is 7.77. The van der Waals surface area contributed by atoms with Gasteiger partial charge in [-0.2, -0.15) is 0 Å². The smallest absolute Gasteiger partial charge is 0.259 e. The van der Waals surface area contributed by atoms with Gasteiger partial charge < -0.3 is 14.5 Å². The van der Waals surface area contributed by atoms with Crippen LogP contribution in [0.5, 0.6) is 0 Å². The second kappa shape index (κ2) is 6.70. The van der Waals surface area contributed by atoms with Crippen LogP contribution >= 0.6 is 0 Å². The van der Waals surface area contributed by atoms with Crippen molar-refractivity contribution in [3.05, 3.63) is 66.0 Å². The average Bonchev–Trinajstić information content (AvgIpc) is 3.32. The van der Waals surface area contributed by atoms with Crippen LogP contribution < -0.4 is 10.6 Å². The second-order valence-electron chi connectivity index (χ2n) is 7.77. The standard InChI is InChI=1S/C24H20N4O3/c1-13(29)25-14-8-9-20-16(10-14)18(12-28(20)3)22-21(23(30)26-24(22)31)17-11-27(2)19-7-5-4-6-15(17)19/h4-12H,1-3H3,(H,25,29)(H,26,30,31). The highest BCUT2D eigenvalue weighted by molar-refractivity contribution is 6.50. The molecule has 2 aromatic carbocycles. The molecule has 0 atom stereocenters. The summed E-state index contributed by atoms with van der Waals surface area (Å²) in [5.41, 5.74) is 4.56. The number of para-hydroxylation sites is 1. The van der Waals surface area contributed by atoms with Crippen molar-refractivity contribution in [2.45, 2.75) is 6.92 Å². The molecule has 0 saturated heterocycles. The van der Waals surface area contributed by atoms with E-state index in [4.69, 9.17) is 0 Å². The third-order valence-corrected chi connectivity index (χ3v) is 5.68. The van der Waals surface area contributed by atoms with Gasteiger partial charge in [-0.15, -0.1) is 0 Å². The molecule has 2 aromatic heterocycles. The van der Waals surface area contributed by atoms with Gasteiger partial charge in [0.15, 0.2) is 0 Å². The topological polar surface area (TPSA) is 85.1 Å². The quantitative estimate of drug-likeness (QED) is 0.507. The van der Waals surface area contributed by atoms with E-state index in [1.54, 1.807) is 0 Å². The fourth-order valence-electron chi connectivity index (χ4n) is 4.38. The summed E-state index contributed by atoms with van der Waals surface area (Å²) in [5.74, 6) is -1.02. The van der Waals surface area contributed by atoms with Gasteiger partial charge in [0.05, 0.1) is 11.1 Å². The lowest BCUT2D eigenvalue weighted by molar-refractivity contribution is -0.123. The number of benzene rings is 2. The van der Waals surface area contributed by atoms with Gasteiger partial charge in [0, 0.05) is 72.0 Å². The molecule has 3 amide bonds. The Morgan fingerprint density at radius 2 is 1.42 bits per heavy atom. The third kappa shape index (κ3) is 2.85. The van der Waals surface area contributed by atoms with E-state index in [1.807, 2.05) is 78.1 Å². The molecule has 154 valence electrons. The van der Waals surface area contributed by atoms with Crippen LogP contribution in [0.2, 0.25) is 0 Å². The van der Waals surface area contributed by atoms with Crippen molar-refractivity contribution in [3.8, 4) is 0 Å². The van der Waals surface area contributed by atoms with Crippen molar-refractivity contribution in [2.75, 3.05) is 5.32 Å². The van der Waals surface area contributed by atoms with Gasteiger partial charge in [0.25, 0.3) is 11.8 Å². The van der Waals surface area contributed by atoms with Crippen molar-refractivity contribution >= 4 is 56.4 Å². The number of rotatable bonds is 3. The zero-order valence-corrected chi connectivity index (χ0v) is 17.3. The van der Waals surface area contributed by atoms with Gasteiger partial charge in [-0.3, -0.25) is 19.7 Å². The fourth-order valence-corrected chi connectivity index (χ4v) is 4.38. The Kier molecular flexibility index (Phi) is 4.08. The van der Waals surface area contributed by atoms with Crippen LogP contribution in [0.3, 0.4) is 0 Å². The Bertz CT molecular complexity index is 1470. The third-order valence-electron chi connectivity index (χ3n) is 5.68. The molecule has 2 N–H and O–H groups in total. The van der Waals surface area contributed by atoms with Crippen molar-refractivity contribution < 1.29 is 14.4 Å². The van der Waals surface area contributed by atoms with Crippen LogP contribution in [-0.2, 0) is 28.5 Å². The molecule has 7 nitrogen and oxygen atoms in total. The minimum Gasteiger partial charge on any atom is -0.350 e. The minimum absolute atomic E-state index is 0.179. The van der Waals surface area contributed by atoms with Crippen LogP contribution in [0.25, 0.3) is 33.0 Å². The van der Waals surface area contributed by atoms with Crippen molar-refractivity contribution in [3.63, 3.8) is 0 Å². The Morgan fingerprint density at radius 1 is 0.839 bits per heavy atom. The molecule has 1 aliphatic rings. The molecule has 7 heteroatoms. The number of anilines is 1. The molecule has 1 aliphatic heterocycles. The summed E-state index contributed by atoms with van der Waals surface area (Å²) < 4.78 is 3.86. The normalized spacial score (nSPS) is 14.0. The molecular formula is C24H20N4O3. The van der Waals surface area contributed by atoms with Gasteiger partial charge in [-0.05, 0) is 24.3 Å². The lowest BCUT2D eigenvalue weighted by atomic mass is 9.95. The average molecular weight is 412 g/mol. The first-order valence-corrected chi connectivity index (χ1v) is 9.86. The Morgan fingerprint density at radius 3 is 2.06 bits per heavy atom. The molecule has 3 heterocycles. The van der Waals surface area contributed by atoms with Gasteiger partial charge in [-0.25, -0.2) is 0 Å². The summed E-state index contributed by atoms with van der Waals surface area (Å²) in [4.78, 5) is 37.4. The summed E-state index contributed by atoms with van der Waals surface area (Å²) in [6.07, 6.45) is 3.73. The number of nitrogens with one attached hydrogen (secondary N) is 2. The largest absolute Gasteiger partial charge is 0.350 e. The lowest BCUT2D eigenvalue weighted by Gasteiger charge is -2.05. The number of aryl methyl sites for hydroxylation is 2. The van der Waals surface area contributed by atoms with E-state index in [-0.39, 0.29) is 5.91 Å². The molecule has 5 rings (SSSR count). The molecule has 0 fully saturated rings. The molecule has 0 bridgehead atoms. The predicted octanol–water partition coefficient (Wildman–Crippen LogP) is 3.20. The monoisotopic (exact) mass is 412 g/mol. The van der Waals surface area contributed by atoms with Gasteiger partial charge >= 0.3 is 0 Å². The molecule has 0 spiro atoms. The highest BCUT2D eigenvalue weighted by Gasteiger charge is 2.35. The summed E-state index contributed by atoms with van der Waals surface area (Å²) in [6, 6.07) is 13.3.